The van der Waals surface area contributed by atoms with Crippen LogP contribution < -0.4 is 0 Å². The van der Waals surface area contributed by atoms with Crippen molar-refractivity contribution in [1.82, 2.24) is 4.90 Å². The average Bonchev–Trinajstić information content (AvgIpc) is 2.31. The molecule has 98 valence electrons. The van der Waals surface area contributed by atoms with E-state index in [4.69, 9.17) is 0 Å². The number of hydrogen-bond acceptors (Lipinski definition) is 2. The summed E-state index contributed by atoms with van der Waals surface area (Å²) in [6.07, 6.45) is 8.11. The molecule has 0 aromatic heterocycles. The molecule has 1 rings (SSSR count). The number of aliphatic imine (C=N–C) groups is 1. The number of hydrogen-bond donors (Lipinski definition) is 0. The van der Waals surface area contributed by atoms with Gasteiger partial charge in [0.25, 0.3) is 0 Å². The SMILES string of the molecule is C=C/C=N\C(=C/C)N1CC(C)(CCC)C1.CC. The van der Waals surface area contributed by atoms with E-state index in [-0.39, 0.29) is 0 Å². The van der Waals surface area contributed by atoms with Crippen LogP contribution in [0, 0.1) is 5.41 Å². The Bertz CT molecular complexity index is 271. The maximum Gasteiger partial charge on any atom is 0.124 e. The van der Waals surface area contributed by atoms with Crippen LogP contribution in [0.4, 0.5) is 0 Å². The second-order valence-electron chi connectivity index (χ2n) is 4.58. The van der Waals surface area contributed by atoms with Gasteiger partial charge in [-0.2, -0.15) is 0 Å². The maximum atomic E-state index is 4.35. The van der Waals surface area contributed by atoms with Gasteiger partial charge in [-0.1, -0.05) is 46.8 Å². The molecular formula is C15H28N2. The van der Waals surface area contributed by atoms with E-state index in [0.717, 1.165) is 18.9 Å². The van der Waals surface area contributed by atoms with Gasteiger partial charge in [0.15, 0.2) is 0 Å². The van der Waals surface area contributed by atoms with E-state index in [2.05, 4.69) is 36.4 Å². The highest BCUT2D eigenvalue weighted by atomic mass is 15.3. The zero-order chi connectivity index (χ0) is 13.3. The van der Waals surface area contributed by atoms with Crippen molar-refractivity contribution in [3.8, 4) is 0 Å². The molecule has 17 heavy (non-hydrogen) atoms. The Morgan fingerprint density at radius 1 is 1.41 bits per heavy atom. The highest BCUT2D eigenvalue weighted by Gasteiger charge is 2.38. The molecule has 1 saturated heterocycles. The highest BCUT2D eigenvalue weighted by molar-refractivity contribution is 5.71. The summed E-state index contributed by atoms with van der Waals surface area (Å²) in [6.45, 7) is 16.5. The zero-order valence-electron chi connectivity index (χ0n) is 12.2. The lowest BCUT2D eigenvalue weighted by atomic mass is 9.78. The van der Waals surface area contributed by atoms with Crippen LogP contribution in [0.3, 0.4) is 0 Å². The molecule has 1 aliphatic rings. The van der Waals surface area contributed by atoms with Crippen molar-refractivity contribution in [2.45, 2.75) is 47.5 Å². The van der Waals surface area contributed by atoms with Crippen LogP contribution in [-0.2, 0) is 0 Å². The fourth-order valence-corrected chi connectivity index (χ4v) is 2.27. The minimum Gasteiger partial charge on any atom is -0.356 e. The fraction of sp³-hybridized carbons (Fsp3) is 0.667. The number of likely N-dealkylation sites (tertiary alicyclic amines) is 1. The summed E-state index contributed by atoms with van der Waals surface area (Å²) in [5.74, 6) is 1.07. The van der Waals surface area contributed by atoms with Crippen molar-refractivity contribution in [2.24, 2.45) is 10.4 Å². The maximum absolute atomic E-state index is 4.35. The van der Waals surface area contributed by atoms with Crippen molar-refractivity contribution in [3.05, 3.63) is 24.6 Å². The van der Waals surface area contributed by atoms with E-state index in [1.807, 2.05) is 20.8 Å². The summed E-state index contributed by atoms with van der Waals surface area (Å²) in [6, 6.07) is 0. The Kier molecular flexibility index (Phi) is 7.60. The van der Waals surface area contributed by atoms with Crippen LogP contribution in [0.5, 0.6) is 0 Å². The Labute approximate surface area is 107 Å². The summed E-state index contributed by atoms with van der Waals surface area (Å²) in [5, 5.41) is 0. The lowest BCUT2D eigenvalue weighted by molar-refractivity contribution is 0.0368. The summed E-state index contributed by atoms with van der Waals surface area (Å²) in [5.41, 5.74) is 0.507. The molecule has 0 aliphatic carbocycles. The molecule has 0 aromatic carbocycles. The number of allylic oxidation sites excluding steroid dienone is 2. The Balaban J connectivity index is 0.00000121. The molecule has 0 spiro atoms. The van der Waals surface area contributed by atoms with Crippen LogP contribution in [0.2, 0.25) is 0 Å². The first-order valence-corrected chi connectivity index (χ1v) is 6.71. The molecule has 0 unspecified atom stereocenters. The van der Waals surface area contributed by atoms with E-state index in [0.29, 0.717) is 5.41 Å². The zero-order valence-corrected chi connectivity index (χ0v) is 12.2. The van der Waals surface area contributed by atoms with Gasteiger partial charge in [-0.05, 0) is 19.4 Å². The normalized spacial score (nSPS) is 18.4. The molecule has 1 heterocycles. The molecule has 2 heteroatoms. The molecule has 0 radical (unpaired) electrons. The van der Waals surface area contributed by atoms with Gasteiger partial charge < -0.3 is 4.90 Å². The van der Waals surface area contributed by atoms with Gasteiger partial charge in [0.05, 0.1) is 0 Å². The van der Waals surface area contributed by atoms with Crippen molar-refractivity contribution < 1.29 is 0 Å². The van der Waals surface area contributed by atoms with E-state index >= 15 is 0 Å². The molecule has 0 N–H and O–H groups in total. The quantitative estimate of drug-likeness (QED) is 0.651. The Morgan fingerprint density at radius 3 is 2.41 bits per heavy atom. The van der Waals surface area contributed by atoms with Gasteiger partial charge in [-0.25, -0.2) is 4.99 Å². The molecule has 1 aliphatic heterocycles. The minimum absolute atomic E-state index is 0.507. The minimum atomic E-state index is 0.507. The summed E-state index contributed by atoms with van der Waals surface area (Å²) >= 11 is 0. The predicted octanol–water partition coefficient (Wildman–Crippen LogP) is 4.25. The summed E-state index contributed by atoms with van der Waals surface area (Å²) < 4.78 is 0. The van der Waals surface area contributed by atoms with Crippen LogP contribution in [0.15, 0.2) is 29.5 Å². The van der Waals surface area contributed by atoms with Gasteiger partial charge in [-0.15, -0.1) is 0 Å². The first-order chi connectivity index (χ1) is 8.15. The molecule has 2 nitrogen and oxygen atoms in total. The first kappa shape index (κ1) is 16.0. The highest BCUT2D eigenvalue weighted by Crippen LogP contribution is 2.36. The molecule has 0 aromatic rings. The van der Waals surface area contributed by atoms with E-state index in [9.17, 15) is 0 Å². The number of rotatable bonds is 5. The summed E-state index contributed by atoms with van der Waals surface area (Å²) in [4.78, 5) is 6.68. The lowest BCUT2D eigenvalue weighted by Crippen LogP contribution is -2.53. The first-order valence-electron chi connectivity index (χ1n) is 6.71. The Morgan fingerprint density at radius 2 is 2.00 bits per heavy atom. The average molecular weight is 236 g/mol. The third kappa shape index (κ3) is 4.76. The smallest absolute Gasteiger partial charge is 0.124 e. The number of nitrogens with zero attached hydrogens (tertiary/aromatic N) is 2. The van der Waals surface area contributed by atoms with Gasteiger partial charge >= 0.3 is 0 Å². The van der Waals surface area contributed by atoms with E-state index < -0.39 is 0 Å². The lowest BCUT2D eigenvalue weighted by Gasteiger charge is -2.49. The molecular weight excluding hydrogens is 208 g/mol. The van der Waals surface area contributed by atoms with Crippen LogP contribution in [0.1, 0.15) is 47.5 Å². The van der Waals surface area contributed by atoms with Crippen molar-refractivity contribution >= 4 is 6.21 Å². The molecule has 0 amide bonds. The summed E-state index contributed by atoms with van der Waals surface area (Å²) in [7, 11) is 0. The van der Waals surface area contributed by atoms with Crippen LogP contribution in [0.25, 0.3) is 0 Å². The standard InChI is InChI=1S/C13H22N2.C2H6/c1-5-8-13(4)10-15(11-13)12(7-3)14-9-6-2;1-2/h6-7,9H,2,5,8,10-11H2,1,3-4H3;1-2H3/b12-7+,14-9-;. The van der Waals surface area contributed by atoms with Crippen molar-refractivity contribution in [2.75, 3.05) is 13.1 Å². The second-order valence-corrected chi connectivity index (χ2v) is 4.58. The molecule has 0 bridgehead atoms. The largest absolute Gasteiger partial charge is 0.356 e. The van der Waals surface area contributed by atoms with Gasteiger partial charge in [0.2, 0.25) is 0 Å². The third-order valence-corrected chi connectivity index (χ3v) is 2.89. The molecule has 0 atom stereocenters. The van der Waals surface area contributed by atoms with Crippen LogP contribution in [-0.4, -0.2) is 24.2 Å². The fourth-order valence-electron chi connectivity index (χ4n) is 2.27. The van der Waals surface area contributed by atoms with E-state index in [1.54, 1.807) is 12.3 Å². The van der Waals surface area contributed by atoms with Gasteiger partial charge in [0.1, 0.15) is 5.82 Å². The van der Waals surface area contributed by atoms with Crippen molar-refractivity contribution in [1.29, 1.82) is 0 Å². The van der Waals surface area contributed by atoms with Gasteiger partial charge in [0, 0.05) is 24.7 Å². The van der Waals surface area contributed by atoms with Crippen LogP contribution >= 0.6 is 0 Å². The monoisotopic (exact) mass is 236 g/mol. The molecule has 0 saturated carbocycles. The Hall–Kier alpha value is -1.05. The van der Waals surface area contributed by atoms with Gasteiger partial charge in [-0.3, -0.25) is 0 Å². The predicted molar refractivity (Wildman–Crippen MR) is 78.4 cm³/mol. The third-order valence-electron chi connectivity index (χ3n) is 2.89. The van der Waals surface area contributed by atoms with Crippen molar-refractivity contribution in [3.63, 3.8) is 0 Å². The second kappa shape index (κ2) is 8.10. The van der Waals surface area contributed by atoms with E-state index in [1.165, 1.54) is 12.8 Å². The molecule has 1 fully saturated rings. The topological polar surface area (TPSA) is 15.6 Å².